The lowest BCUT2D eigenvalue weighted by molar-refractivity contribution is 0.519. The van der Waals surface area contributed by atoms with Gasteiger partial charge in [0.25, 0.3) is 0 Å². The van der Waals surface area contributed by atoms with Gasteiger partial charge in [-0.2, -0.15) is 0 Å². The molecule has 0 unspecified atom stereocenters. The summed E-state index contributed by atoms with van der Waals surface area (Å²) in [6, 6.07) is 17.9. The van der Waals surface area contributed by atoms with Crippen LogP contribution in [0.3, 0.4) is 0 Å². The summed E-state index contributed by atoms with van der Waals surface area (Å²) < 4.78 is 11.5. The number of hydrogen-bond donors (Lipinski definition) is 0. The molecular weight excluding hydrogens is 204 g/mol. The van der Waals surface area contributed by atoms with Crippen LogP contribution < -0.4 is 14.0 Å². The van der Waals surface area contributed by atoms with Gasteiger partial charge in [0.05, 0.1) is 0 Å². The molecule has 2 aromatic carbocycles. The fourth-order valence-corrected chi connectivity index (χ4v) is 3.01. The molecule has 0 aliphatic carbocycles. The SMILES string of the molecule is c1ccc([Si]2Oc3ccccc3O2)cc1. The van der Waals surface area contributed by atoms with Crippen LogP contribution in [0.15, 0.2) is 54.6 Å². The zero-order valence-electron chi connectivity index (χ0n) is 8.01. The Morgan fingerprint density at radius 2 is 1.20 bits per heavy atom. The molecule has 1 aliphatic rings. The summed E-state index contributed by atoms with van der Waals surface area (Å²) in [6.45, 7) is 0. The molecule has 0 aromatic heterocycles. The molecule has 15 heavy (non-hydrogen) atoms. The molecule has 0 atom stereocenters. The third-order valence-corrected chi connectivity index (χ3v) is 3.88. The van der Waals surface area contributed by atoms with E-state index in [1.165, 1.54) is 0 Å². The first-order valence-corrected chi connectivity index (χ1v) is 6.12. The Bertz CT molecular complexity index is 445. The maximum Gasteiger partial charge on any atom is 0.572 e. The third kappa shape index (κ3) is 1.51. The Kier molecular flexibility index (Phi) is 1.96. The molecule has 3 rings (SSSR count). The van der Waals surface area contributed by atoms with E-state index in [9.17, 15) is 0 Å². The molecule has 0 spiro atoms. The van der Waals surface area contributed by atoms with Crippen molar-refractivity contribution < 1.29 is 8.85 Å². The van der Waals surface area contributed by atoms with Crippen LogP contribution in [0.25, 0.3) is 0 Å². The van der Waals surface area contributed by atoms with E-state index in [1.807, 2.05) is 54.6 Å². The Hall–Kier alpha value is -1.74. The molecule has 0 amide bonds. The number of fused-ring (bicyclic) bond motifs is 1. The van der Waals surface area contributed by atoms with E-state index in [0.717, 1.165) is 16.7 Å². The average Bonchev–Trinajstić information content (AvgIpc) is 2.74. The molecule has 0 fully saturated rings. The molecule has 2 aromatic rings. The maximum absolute atomic E-state index is 5.77. The lowest BCUT2D eigenvalue weighted by Gasteiger charge is -2.03. The van der Waals surface area contributed by atoms with Crippen LogP contribution in [0, 0.1) is 0 Å². The van der Waals surface area contributed by atoms with Crippen molar-refractivity contribution in [3.63, 3.8) is 0 Å². The van der Waals surface area contributed by atoms with Crippen molar-refractivity contribution in [2.24, 2.45) is 0 Å². The van der Waals surface area contributed by atoms with E-state index in [4.69, 9.17) is 8.85 Å². The molecule has 3 heteroatoms. The number of rotatable bonds is 1. The number of hydrogen-bond acceptors (Lipinski definition) is 2. The Labute approximate surface area is 89.9 Å². The van der Waals surface area contributed by atoms with Crippen LogP contribution >= 0.6 is 0 Å². The van der Waals surface area contributed by atoms with Gasteiger partial charge in [-0.25, -0.2) is 0 Å². The van der Waals surface area contributed by atoms with Gasteiger partial charge in [-0.15, -0.1) is 0 Å². The Morgan fingerprint density at radius 3 is 1.80 bits per heavy atom. The quantitative estimate of drug-likeness (QED) is 0.673. The van der Waals surface area contributed by atoms with Gasteiger partial charge in [-0.3, -0.25) is 0 Å². The summed E-state index contributed by atoms with van der Waals surface area (Å²) in [4.78, 5) is 0. The van der Waals surface area contributed by atoms with Gasteiger partial charge in [0, 0.05) is 5.19 Å². The molecule has 0 saturated carbocycles. The van der Waals surface area contributed by atoms with Crippen LogP contribution in [0.2, 0.25) is 0 Å². The van der Waals surface area contributed by atoms with E-state index in [1.54, 1.807) is 0 Å². The van der Waals surface area contributed by atoms with Crippen molar-refractivity contribution in [3.05, 3.63) is 54.6 Å². The minimum atomic E-state index is -1.35. The monoisotopic (exact) mass is 213 g/mol. The first kappa shape index (κ1) is 8.56. The fraction of sp³-hybridized carbons (Fsp3) is 0. The molecule has 2 nitrogen and oxygen atoms in total. The summed E-state index contributed by atoms with van der Waals surface area (Å²) in [5.41, 5.74) is 0. The fourth-order valence-electron chi connectivity index (χ4n) is 1.53. The molecule has 1 aliphatic heterocycles. The highest BCUT2D eigenvalue weighted by Gasteiger charge is 2.31. The van der Waals surface area contributed by atoms with Gasteiger partial charge in [-0.1, -0.05) is 42.5 Å². The molecule has 1 radical (unpaired) electrons. The summed E-state index contributed by atoms with van der Waals surface area (Å²) in [7, 11) is -1.35. The van der Waals surface area contributed by atoms with E-state index in [-0.39, 0.29) is 0 Å². The van der Waals surface area contributed by atoms with Gasteiger partial charge < -0.3 is 8.85 Å². The summed E-state index contributed by atoms with van der Waals surface area (Å²) in [5.74, 6) is 1.71. The third-order valence-electron chi connectivity index (χ3n) is 2.26. The largest absolute Gasteiger partial charge is 0.572 e. The lowest BCUT2D eigenvalue weighted by atomic mass is 10.3. The van der Waals surface area contributed by atoms with Crippen molar-refractivity contribution in [2.45, 2.75) is 0 Å². The molecule has 73 valence electrons. The van der Waals surface area contributed by atoms with Crippen LogP contribution in [0.5, 0.6) is 11.5 Å². The Balaban J connectivity index is 1.91. The van der Waals surface area contributed by atoms with Gasteiger partial charge in [-0.05, 0) is 12.1 Å². The summed E-state index contributed by atoms with van der Waals surface area (Å²) >= 11 is 0. The van der Waals surface area contributed by atoms with Crippen LogP contribution in [0.4, 0.5) is 0 Å². The summed E-state index contributed by atoms with van der Waals surface area (Å²) in [5, 5.41) is 1.14. The zero-order valence-corrected chi connectivity index (χ0v) is 9.01. The van der Waals surface area contributed by atoms with E-state index in [2.05, 4.69) is 0 Å². The second kappa shape index (κ2) is 3.44. The van der Waals surface area contributed by atoms with Crippen molar-refractivity contribution in [1.29, 1.82) is 0 Å². The molecule has 0 saturated heterocycles. The summed E-state index contributed by atoms with van der Waals surface area (Å²) in [6.07, 6.45) is 0. The minimum Gasteiger partial charge on any atom is -0.503 e. The molecule has 0 N–H and O–H groups in total. The normalized spacial score (nSPS) is 14.1. The van der Waals surface area contributed by atoms with Crippen molar-refractivity contribution in [3.8, 4) is 11.5 Å². The standard InChI is InChI=1S/C12H9O2Si/c1-2-6-10(7-3-1)15-13-11-8-4-5-9-12(11)14-15/h1-9H. The predicted octanol–water partition coefficient (Wildman–Crippen LogP) is 1.85. The Morgan fingerprint density at radius 1 is 0.667 bits per heavy atom. The van der Waals surface area contributed by atoms with E-state index < -0.39 is 9.28 Å². The second-order valence-electron chi connectivity index (χ2n) is 3.30. The van der Waals surface area contributed by atoms with Gasteiger partial charge in [0.15, 0.2) is 0 Å². The first-order chi connectivity index (χ1) is 7.43. The van der Waals surface area contributed by atoms with Gasteiger partial charge in [0.1, 0.15) is 11.5 Å². The van der Waals surface area contributed by atoms with Crippen molar-refractivity contribution in [2.75, 3.05) is 0 Å². The van der Waals surface area contributed by atoms with Gasteiger partial charge >= 0.3 is 9.28 Å². The lowest BCUT2D eigenvalue weighted by Crippen LogP contribution is -2.38. The maximum atomic E-state index is 5.77. The minimum absolute atomic E-state index is 0.857. The average molecular weight is 213 g/mol. The topological polar surface area (TPSA) is 18.5 Å². The van der Waals surface area contributed by atoms with Crippen molar-refractivity contribution >= 4 is 14.5 Å². The van der Waals surface area contributed by atoms with E-state index in [0.29, 0.717) is 0 Å². The number of para-hydroxylation sites is 2. The highest BCUT2D eigenvalue weighted by Crippen LogP contribution is 2.32. The predicted molar refractivity (Wildman–Crippen MR) is 59.5 cm³/mol. The second-order valence-corrected chi connectivity index (χ2v) is 4.86. The van der Waals surface area contributed by atoms with Gasteiger partial charge in [0.2, 0.25) is 0 Å². The van der Waals surface area contributed by atoms with Crippen molar-refractivity contribution in [1.82, 2.24) is 0 Å². The smallest absolute Gasteiger partial charge is 0.503 e. The van der Waals surface area contributed by atoms with Crippen LogP contribution in [0.1, 0.15) is 0 Å². The highest BCUT2D eigenvalue weighted by atomic mass is 28.3. The molecule has 1 heterocycles. The van der Waals surface area contributed by atoms with E-state index >= 15 is 0 Å². The molecular formula is C12H9O2Si. The number of benzene rings is 2. The molecule has 0 bridgehead atoms. The zero-order chi connectivity index (χ0) is 10.1. The first-order valence-electron chi connectivity index (χ1n) is 4.80. The van der Waals surface area contributed by atoms with Crippen LogP contribution in [-0.4, -0.2) is 9.28 Å². The highest BCUT2D eigenvalue weighted by molar-refractivity contribution is 6.63. The van der Waals surface area contributed by atoms with Crippen LogP contribution in [-0.2, 0) is 0 Å².